The summed E-state index contributed by atoms with van der Waals surface area (Å²) in [5, 5.41) is 23.4. The second-order valence-corrected chi connectivity index (χ2v) is 6.84. The Bertz CT molecular complexity index is 828. The Balaban J connectivity index is 1.52. The number of aryl methyl sites for hydroxylation is 1. The number of nitro groups is 1. The molecule has 10 nitrogen and oxygen atoms in total. The van der Waals surface area contributed by atoms with E-state index >= 15 is 0 Å². The highest BCUT2D eigenvalue weighted by Gasteiger charge is 2.34. The average Bonchev–Trinajstić information content (AvgIpc) is 3.31. The van der Waals surface area contributed by atoms with Crippen molar-refractivity contribution in [2.24, 2.45) is 0 Å². The quantitative estimate of drug-likeness (QED) is 0.603. The van der Waals surface area contributed by atoms with Gasteiger partial charge in [0.2, 0.25) is 5.91 Å². The predicted octanol–water partition coefficient (Wildman–Crippen LogP) is 1.47. The molecule has 26 heavy (non-hydrogen) atoms. The highest BCUT2D eigenvalue weighted by Crippen LogP contribution is 2.32. The van der Waals surface area contributed by atoms with Crippen molar-refractivity contribution >= 4 is 11.6 Å². The first-order chi connectivity index (χ1) is 12.6. The van der Waals surface area contributed by atoms with E-state index in [1.807, 2.05) is 4.90 Å². The summed E-state index contributed by atoms with van der Waals surface area (Å²) in [6, 6.07) is -0.0765. The smallest absolute Gasteiger partial charge is 0.307 e. The summed E-state index contributed by atoms with van der Waals surface area (Å²) in [5.41, 5.74) is -0.112. The summed E-state index contributed by atoms with van der Waals surface area (Å²) >= 11 is 0. The highest BCUT2D eigenvalue weighted by molar-refractivity contribution is 5.76. The zero-order valence-electron chi connectivity index (χ0n) is 14.5. The second-order valence-electron chi connectivity index (χ2n) is 6.84. The van der Waals surface area contributed by atoms with Crippen LogP contribution in [-0.2, 0) is 24.3 Å². The number of carbonyl (C=O) groups is 1. The number of nitrogens with zero attached hydrogens (tertiary/aromatic N) is 7. The molecule has 0 spiro atoms. The Kier molecular flexibility index (Phi) is 4.39. The van der Waals surface area contributed by atoms with E-state index in [4.69, 9.17) is 0 Å². The van der Waals surface area contributed by atoms with Gasteiger partial charge in [0.05, 0.1) is 11.0 Å². The minimum atomic E-state index is -0.516. The molecule has 4 heterocycles. The van der Waals surface area contributed by atoms with E-state index in [1.165, 1.54) is 17.3 Å². The van der Waals surface area contributed by atoms with Gasteiger partial charge in [-0.15, -0.1) is 10.2 Å². The lowest BCUT2D eigenvalue weighted by Gasteiger charge is -2.24. The summed E-state index contributed by atoms with van der Waals surface area (Å²) in [6.07, 6.45) is 8.58. The van der Waals surface area contributed by atoms with E-state index in [2.05, 4.69) is 19.9 Å². The molecule has 0 unspecified atom stereocenters. The number of rotatable bonds is 4. The van der Waals surface area contributed by atoms with Gasteiger partial charge in [-0.2, -0.15) is 5.10 Å². The molecule has 10 heteroatoms. The molecule has 1 amide bonds. The van der Waals surface area contributed by atoms with Crippen LogP contribution in [0.3, 0.4) is 0 Å². The Morgan fingerprint density at radius 3 is 2.92 bits per heavy atom. The predicted molar refractivity (Wildman–Crippen MR) is 90.1 cm³/mol. The standard InChI is InChI=1S/C16H21N7O3/c24-15(11-20-10-12(9-17-20)23(25)26)21-8-4-5-13(21)16-19-18-14-6-2-1-3-7-22(14)16/h9-10,13H,1-8,11H2/t13-/m1/s1. The van der Waals surface area contributed by atoms with Crippen LogP contribution in [0.1, 0.15) is 49.8 Å². The molecule has 0 saturated carbocycles. The Morgan fingerprint density at radius 1 is 1.23 bits per heavy atom. The fraction of sp³-hybridized carbons (Fsp3) is 0.625. The van der Waals surface area contributed by atoms with Crippen molar-refractivity contribution in [1.29, 1.82) is 0 Å². The number of likely N-dealkylation sites (tertiary alicyclic amines) is 1. The summed E-state index contributed by atoms with van der Waals surface area (Å²) in [6.45, 7) is 1.56. The Morgan fingerprint density at radius 2 is 2.12 bits per heavy atom. The second kappa shape index (κ2) is 6.85. The van der Waals surface area contributed by atoms with Crippen LogP contribution < -0.4 is 0 Å². The van der Waals surface area contributed by atoms with Crippen LogP contribution in [0.2, 0.25) is 0 Å². The largest absolute Gasteiger partial charge is 0.331 e. The molecule has 2 aromatic heterocycles. The van der Waals surface area contributed by atoms with Crippen LogP contribution in [0.25, 0.3) is 0 Å². The number of amides is 1. The fourth-order valence-corrected chi connectivity index (χ4v) is 3.85. The highest BCUT2D eigenvalue weighted by atomic mass is 16.6. The molecule has 0 radical (unpaired) electrons. The first kappa shape index (κ1) is 16.7. The SMILES string of the molecule is O=C(Cn1cc([N+](=O)[O-])cn1)N1CCC[C@@H]1c1nnc2n1CCCCC2. The van der Waals surface area contributed by atoms with Gasteiger partial charge in [-0.1, -0.05) is 6.42 Å². The summed E-state index contributed by atoms with van der Waals surface area (Å²) in [7, 11) is 0. The maximum atomic E-state index is 12.8. The van der Waals surface area contributed by atoms with Crippen LogP contribution >= 0.6 is 0 Å². The van der Waals surface area contributed by atoms with Crippen LogP contribution in [-0.4, -0.2) is 46.8 Å². The third kappa shape index (κ3) is 3.06. The lowest BCUT2D eigenvalue weighted by molar-refractivity contribution is -0.385. The van der Waals surface area contributed by atoms with E-state index in [0.717, 1.165) is 56.5 Å². The van der Waals surface area contributed by atoms with Crippen molar-refractivity contribution in [3.05, 3.63) is 34.2 Å². The number of carbonyl (C=O) groups excluding carboxylic acids is 1. The normalized spacial score (nSPS) is 20.0. The van der Waals surface area contributed by atoms with Crippen molar-refractivity contribution < 1.29 is 9.72 Å². The van der Waals surface area contributed by atoms with Crippen molar-refractivity contribution in [3.63, 3.8) is 0 Å². The summed E-state index contributed by atoms with van der Waals surface area (Å²) in [4.78, 5) is 24.8. The fourth-order valence-electron chi connectivity index (χ4n) is 3.85. The van der Waals surface area contributed by atoms with Crippen LogP contribution in [0, 0.1) is 10.1 Å². The zero-order chi connectivity index (χ0) is 18.1. The van der Waals surface area contributed by atoms with E-state index < -0.39 is 4.92 Å². The van der Waals surface area contributed by atoms with Gasteiger partial charge in [0.15, 0.2) is 5.82 Å². The molecule has 2 aliphatic heterocycles. The van der Waals surface area contributed by atoms with E-state index in [9.17, 15) is 14.9 Å². The molecule has 0 bridgehead atoms. The topological polar surface area (TPSA) is 112 Å². The number of hydrogen-bond acceptors (Lipinski definition) is 6. The maximum Gasteiger partial charge on any atom is 0.307 e. The average molecular weight is 359 g/mol. The molecule has 1 fully saturated rings. The van der Waals surface area contributed by atoms with E-state index in [-0.39, 0.29) is 24.2 Å². The third-order valence-electron chi connectivity index (χ3n) is 5.14. The molecule has 138 valence electrons. The molecular formula is C16H21N7O3. The first-order valence-corrected chi connectivity index (χ1v) is 9.02. The van der Waals surface area contributed by atoms with Crippen molar-refractivity contribution in [3.8, 4) is 0 Å². The van der Waals surface area contributed by atoms with Crippen molar-refractivity contribution in [2.75, 3.05) is 6.54 Å². The zero-order valence-corrected chi connectivity index (χ0v) is 14.5. The first-order valence-electron chi connectivity index (χ1n) is 9.02. The van der Waals surface area contributed by atoms with Gasteiger partial charge in [0.1, 0.15) is 24.8 Å². The lowest BCUT2D eigenvalue weighted by Crippen LogP contribution is -2.34. The lowest BCUT2D eigenvalue weighted by atomic mass is 10.2. The van der Waals surface area contributed by atoms with Gasteiger partial charge in [0.25, 0.3) is 0 Å². The van der Waals surface area contributed by atoms with Crippen molar-refractivity contribution in [2.45, 2.75) is 57.7 Å². The minimum Gasteiger partial charge on any atom is -0.331 e. The Labute approximate surface area is 149 Å². The Hall–Kier alpha value is -2.78. The number of hydrogen-bond donors (Lipinski definition) is 0. The summed E-state index contributed by atoms with van der Waals surface area (Å²) in [5.74, 6) is 1.79. The molecule has 1 saturated heterocycles. The van der Waals surface area contributed by atoms with Crippen LogP contribution in [0.4, 0.5) is 5.69 Å². The van der Waals surface area contributed by atoms with E-state index in [1.54, 1.807) is 0 Å². The molecule has 1 atom stereocenters. The molecular weight excluding hydrogens is 338 g/mol. The van der Waals surface area contributed by atoms with Crippen LogP contribution in [0.5, 0.6) is 0 Å². The number of aromatic nitrogens is 5. The van der Waals surface area contributed by atoms with Gasteiger partial charge in [0, 0.05) is 19.5 Å². The molecule has 2 aromatic rings. The van der Waals surface area contributed by atoms with Gasteiger partial charge in [-0.25, -0.2) is 0 Å². The molecule has 0 N–H and O–H groups in total. The van der Waals surface area contributed by atoms with Gasteiger partial charge >= 0.3 is 5.69 Å². The molecule has 0 aliphatic carbocycles. The van der Waals surface area contributed by atoms with Crippen LogP contribution in [0.15, 0.2) is 12.4 Å². The molecule has 0 aromatic carbocycles. The summed E-state index contributed by atoms with van der Waals surface area (Å²) < 4.78 is 3.50. The van der Waals surface area contributed by atoms with E-state index in [0.29, 0.717) is 6.54 Å². The molecule has 4 rings (SSSR count). The monoisotopic (exact) mass is 359 g/mol. The van der Waals surface area contributed by atoms with Gasteiger partial charge in [-0.3, -0.25) is 19.6 Å². The van der Waals surface area contributed by atoms with Crippen molar-refractivity contribution in [1.82, 2.24) is 29.4 Å². The number of fused-ring (bicyclic) bond motifs is 1. The molecule has 2 aliphatic rings. The minimum absolute atomic E-state index is 0.00860. The van der Waals surface area contributed by atoms with Gasteiger partial charge in [-0.05, 0) is 25.7 Å². The third-order valence-corrected chi connectivity index (χ3v) is 5.14. The van der Waals surface area contributed by atoms with Gasteiger partial charge < -0.3 is 9.47 Å². The maximum absolute atomic E-state index is 12.8.